The predicted octanol–water partition coefficient (Wildman–Crippen LogP) is 2.35. The molecule has 1 amide bonds. The van der Waals surface area contributed by atoms with E-state index in [0.29, 0.717) is 17.8 Å². The SMILES string of the molecule is Cc1cc(F)cc2[nH]c(C(=O)NCc3ccnc(N4CCNCC4)c3)cc12. The number of pyridine rings is 1. The van der Waals surface area contributed by atoms with E-state index in [1.807, 2.05) is 19.1 Å². The zero-order chi connectivity index (χ0) is 18.8. The molecule has 2 aromatic heterocycles. The third-order valence-electron chi connectivity index (χ3n) is 4.86. The molecule has 1 aliphatic heterocycles. The number of fused-ring (bicyclic) bond motifs is 1. The van der Waals surface area contributed by atoms with E-state index in [1.165, 1.54) is 12.1 Å². The number of piperazine rings is 1. The van der Waals surface area contributed by atoms with Gasteiger partial charge in [0, 0.05) is 49.8 Å². The zero-order valence-corrected chi connectivity index (χ0v) is 15.2. The largest absolute Gasteiger partial charge is 0.354 e. The van der Waals surface area contributed by atoms with Crippen molar-refractivity contribution in [1.29, 1.82) is 0 Å². The molecular weight excluding hydrogens is 345 g/mol. The second-order valence-electron chi connectivity index (χ2n) is 6.81. The standard InChI is InChI=1S/C20H22FN5O/c1-13-8-15(21)10-17-16(13)11-18(25-17)20(27)24-12-14-2-3-23-19(9-14)26-6-4-22-5-7-26/h2-3,8-11,22,25H,4-7,12H2,1H3,(H,24,27). The highest BCUT2D eigenvalue weighted by Gasteiger charge is 2.14. The molecule has 1 aromatic carbocycles. The topological polar surface area (TPSA) is 73.0 Å². The highest BCUT2D eigenvalue weighted by molar-refractivity contribution is 5.98. The van der Waals surface area contributed by atoms with Crippen molar-refractivity contribution in [2.75, 3.05) is 31.1 Å². The number of amides is 1. The Morgan fingerprint density at radius 3 is 2.89 bits per heavy atom. The molecule has 6 nitrogen and oxygen atoms in total. The molecule has 1 fully saturated rings. The van der Waals surface area contributed by atoms with Gasteiger partial charge in [-0.05, 0) is 48.4 Å². The summed E-state index contributed by atoms with van der Waals surface area (Å²) in [5, 5.41) is 7.09. The first-order valence-corrected chi connectivity index (χ1v) is 9.08. The number of benzene rings is 1. The number of carbonyl (C=O) groups excluding carboxylic acids is 1. The van der Waals surface area contributed by atoms with E-state index in [0.717, 1.165) is 48.5 Å². The number of hydrogen-bond donors (Lipinski definition) is 3. The van der Waals surface area contributed by atoms with Crippen LogP contribution in [0.3, 0.4) is 0 Å². The van der Waals surface area contributed by atoms with Gasteiger partial charge in [-0.3, -0.25) is 4.79 Å². The first-order chi connectivity index (χ1) is 13.1. The molecule has 0 atom stereocenters. The molecule has 0 bridgehead atoms. The monoisotopic (exact) mass is 367 g/mol. The maximum Gasteiger partial charge on any atom is 0.267 e. The number of nitrogens with one attached hydrogen (secondary N) is 3. The van der Waals surface area contributed by atoms with Crippen LogP contribution in [-0.4, -0.2) is 42.1 Å². The second kappa shape index (κ2) is 7.36. The Morgan fingerprint density at radius 1 is 1.26 bits per heavy atom. The number of anilines is 1. The van der Waals surface area contributed by atoms with Crippen LogP contribution in [0.1, 0.15) is 21.6 Å². The maximum atomic E-state index is 13.5. The van der Waals surface area contributed by atoms with E-state index >= 15 is 0 Å². The van der Waals surface area contributed by atoms with Gasteiger partial charge in [-0.1, -0.05) is 0 Å². The molecule has 0 spiro atoms. The maximum absolute atomic E-state index is 13.5. The number of aromatic nitrogens is 2. The van der Waals surface area contributed by atoms with Crippen LogP contribution in [0.5, 0.6) is 0 Å². The van der Waals surface area contributed by atoms with Crippen LogP contribution in [0.15, 0.2) is 36.5 Å². The van der Waals surface area contributed by atoms with E-state index in [9.17, 15) is 9.18 Å². The van der Waals surface area contributed by atoms with Crippen molar-refractivity contribution < 1.29 is 9.18 Å². The molecule has 0 unspecified atom stereocenters. The van der Waals surface area contributed by atoms with E-state index in [1.54, 1.807) is 12.3 Å². The first kappa shape index (κ1) is 17.5. The summed E-state index contributed by atoms with van der Waals surface area (Å²) in [6, 6.07) is 8.54. The van der Waals surface area contributed by atoms with E-state index in [4.69, 9.17) is 0 Å². The fourth-order valence-electron chi connectivity index (χ4n) is 3.41. The fraction of sp³-hybridized carbons (Fsp3) is 0.300. The van der Waals surface area contributed by atoms with Crippen molar-refractivity contribution in [1.82, 2.24) is 20.6 Å². The number of halogens is 1. The van der Waals surface area contributed by atoms with Crippen molar-refractivity contribution in [2.45, 2.75) is 13.5 Å². The highest BCUT2D eigenvalue weighted by Crippen LogP contribution is 2.21. The Morgan fingerprint density at radius 2 is 2.07 bits per heavy atom. The van der Waals surface area contributed by atoms with Gasteiger partial charge in [0.25, 0.3) is 5.91 Å². The summed E-state index contributed by atoms with van der Waals surface area (Å²) >= 11 is 0. The molecule has 3 heterocycles. The number of H-pyrrole nitrogens is 1. The molecule has 0 aliphatic carbocycles. The van der Waals surface area contributed by atoms with E-state index in [2.05, 4.69) is 25.5 Å². The smallest absolute Gasteiger partial charge is 0.267 e. The van der Waals surface area contributed by atoms with Crippen molar-refractivity contribution in [3.05, 3.63) is 59.2 Å². The molecule has 3 N–H and O–H groups in total. The van der Waals surface area contributed by atoms with Gasteiger partial charge in [0.1, 0.15) is 17.3 Å². The minimum absolute atomic E-state index is 0.216. The Bertz CT molecular complexity index is 978. The Balaban J connectivity index is 1.45. The van der Waals surface area contributed by atoms with E-state index in [-0.39, 0.29) is 11.7 Å². The fourth-order valence-corrected chi connectivity index (χ4v) is 3.41. The van der Waals surface area contributed by atoms with E-state index < -0.39 is 0 Å². The summed E-state index contributed by atoms with van der Waals surface area (Å²) in [5.74, 6) is 0.400. The van der Waals surface area contributed by atoms with Gasteiger partial charge in [-0.2, -0.15) is 0 Å². The van der Waals surface area contributed by atoms with Crippen LogP contribution in [0.2, 0.25) is 0 Å². The molecule has 27 heavy (non-hydrogen) atoms. The van der Waals surface area contributed by atoms with Crippen molar-refractivity contribution in [3.63, 3.8) is 0 Å². The molecule has 140 valence electrons. The third kappa shape index (κ3) is 3.78. The molecule has 1 saturated heterocycles. The first-order valence-electron chi connectivity index (χ1n) is 9.08. The second-order valence-corrected chi connectivity index (χ2v) is 6.81. The molecule has 3 aromatic rings. The van der Waals surface area contributed by atoms with Gasteiger partial charge in [-0.15, -0.1) is 0 Å². The zero-order valence-electron chi connectivity index (χ0n) is 15.2. The van der Waals surface area contributed by atoms with Gasteiger partial charge >= 0.3 is 0 Å². The molecule has 0 saturated carbocycles. The number of nitrogens with zero attached hydrogens (tertiary/aromatic N) is 2. The number of aryl methyl sites for hydroxylation is 1. The Hall–Kier alpha value is -2.93. The third-order valence-corrected chi connectivity index (χ3v) is 4.86. The van der Waals surface area contributed by atoms with Crippen LogP contribution in [0.25, 0.3) is 10.9 Å². The summed E-state index contributed by atoms with van der Waals surface area (Å²) in [6.07, 6.45) is 1.77. The molecule has 0 radical (unpaired) electrons. The van der Waals surface area contributed by atoms with Crippen molar-refractivity contribution in [2.24, 2.45) is 0 Å². The lowest BCUT2D eigenvalue weighted by atomic mass is 10.1. The summed E-state index contributed by atoms with van der Waals surface area (Å²) < 4.78 is 13.5. The average molecular weight is 367 g/mol. The lowest BCUT2D eigenvalue weighted by Crippen LogP contribution is -2.43. The lowest BCUT2D eigenvalue weighted by Gasteiger charge is -2.28. The van der Waals surface area contributed by atoms with Crippen LogP contribution in [0, 0.1) is 12.7 Å². The van der Waals surface area contributed by atoms with Gasteiger partial charge < -0.3 is 20.5 Å². The number of rotatable bonds is 4. The van der Waals surface area contributed by atoms with Gasteiger partial charge in [0.05, 0.1) is 0 Å². The van der Waals surface area contributed by atoms with Crippen LogP contribution in [-0.2, 0) is 6.54 Å². The molecule has 4 rings (SSSR count). The average Bonchev–Trinajstić information content (AvgIpc) is 3.11. The molecular formula is C20H22FN5O. The Labute approximate surface area is 156 Å². The quantitative estimate of drug-likeness (QED) is 0.662. The number of aromatic amines is 1. The van der Waals surface area contributed by atoms with Crippen molar-refractivity contribution >= 4 is 22.6 Å². The summed E-state index contributed by atoms with van der Waals surface area (Å²) in [4.78, 5) is 22.2. The summed E-state index contributed by atoms with van der Waals surface area (Å²) in [6.45, 7) is 5.98. The Kier molecular flexibility index (Phi) is 4.77. The van der Waals surface area contributed by atoms with Gasteiger partial charge in [0.2, 0.25) is 0 Å². The summed E-state index contributed by atoms with van der Waals surface area (Å²) in [7, 11) is 0. The van der Waals surface area contributed by atoms with Crippen LogP contribution in [0.4, 0.5) is 10.2 Å². The van der Waals surface area contributed by atoms with Crippen molar-refractivity contribution in [3.8, 4) is 0 Å². The van der Waals surface area contributed by atoms with Gasteiger partial charge in [-0.25, -0.2) is 9.37 Å². The number of carbonyl (C=O) groups is 1. The van der Waals surface area contributed by atoms with Gasteiger partial charge in [0.15, 0.2) is 0 Å². The van der Waals surface area contributed by atoms with Crippen LogP contribution >= 0.6 is 0 Å². The highest BCUT2D eigenvalue weighted by atomic mass is 19.1. The summed E-state index contributed by atoms with van der Waals surface area (Å²) in [5.41, 5.74) is 2.85. The minimum Gasteiger partial charge on any atom is -0.354 e. The molecule has 7 heteroatoms. The lowest BCUT2D eigenvalue weighted by molar-refractivity contribution is 0.0946. The normalized spacial score (nSPS) is 14.5. The minimum atomic E-state index is -0.314. The predicted molar refractivity (Wildman–Crippen MR) is 103 cm³/mol. The van der Waals surface area contributed by atoms with Crippen LogP contribution < -0.4 is 15.5 Å². The molecule has 1 aliphatic rings. The number of hydrogen-bond acceptors (Lipinski definition) is 4.